The molecule has 4 rings (SSSR count). The van der Waals surface area contributed by atoms with Crippen molar-refractivity contribution in [1.82, 2.24) is 25.1 Å². The first-order valence-corrected chi connectivity index (χ1v) is 10.5. The molecule has 1 fully saturated rings. The lowest BCUT2D eigenvalue weighted by atomic mass is 9.85. The predicted octanol–water partition coefficient (Wildman–Crippen LogP) is 2.80. The van der Waals surface area contributed by atoms with Crippen molar-refractivity contribution in [1.29, 1.82) is 0 Å². The van der Waals surface area contributed by atoms with Crippen molar-refractivity contribution in [3.8, 4) is 5.75 Å². The molecule has 0 saturated heterocycles. The minimum absolute atomic E-state index is 0.158. The van der Waals surface area contributed by atoms with Crippen molar-refractivity contribution in [2.75, 3.05) is 7.11 Å². The van der Waals surface area contributed by atoms with Gasteiger partial charge in [0.2, 0.25) is 0 Å². The van der Waals surface area contributed by atoms with Crippen LogP contribution in [0.4, 0.5) is 0 Å². The first kappa shape index (κ1) is 20.8. The second-order valence-corrected chi connectivity index (χ2v) is 8.02. The number of aromatic nitrogens is 4. The molecule has 2 aromatic heterocycles. The third-order valence-corrected chi connectivity index (χ3v) is 6.02. The van der Waals surface area contributed by atoms with Crippen LogP contribution in [-0.4, -0.2) is 32.8 Å². The third-order valence-electron chi connectivity index (χ3n) is 6.02. The summed E-state index contributed by atoms with van der Waals surface area (Å²) in [5.74, 6) is 1.59. The Labute approximate surface area is 180 Å². The molecule has 1 aliphatic carbocycles. The zero-order valence-corrected chi connectivity index (χ0v) is 18.0. The molecule has 0 radical (unpaired) electrons. The van der Waals surface area contributed by atoms with E-state index in [0.29, 0.717) is 23.6 Å². The summed E-state index contributed by atoms with van der Waals surface area (Å²) >= 11 is 0. The van der Waals surface area contributed by atoms with E-state index in [1.807, 2.05) is 31.2 Å². The zero-order valence-electron chi connectivity index (χ0n) is 18.0. The van der Waals surface area contributed by atoms with Crippen LogP contribution in [0, 0.1) is 6.92 Å². The van der Waals surface area contributed by atoms with E-state index in [2.05, 4.69) is 15.4 Å². The fourth-order valence-electron chi connectivity index (χ4n) is 3.76. The van der Waals surface area contributed by atoms with Crippen molar-refractivity contribution < 1.29 is 9.53 Å². The molecule has 162 valence electrons. The fraction of sp³-hybridized carbons (Fsp3) is 0.391. The molecule has 0 spiro atoms. The number of carbonyl (C=O) groups is 1. The minimum atomic E-state index is -0.360. The Morgan fingerprint density at radius 3 is 2.65 bits per heavy atom. The summed E-state index contributed by atoms with van der Waals surface area (Å²) in [5, 5.41) is 7.26. The van der Waals surface area contributed by atoms with Crippen LogP contribution in [0.2, 0.25) is 0 Å². The molecule has 2 heterocycles. The number of H-pyrrole nitrogens is 1. The van der Waals surface area contributed by atoms with Crippen LogP contribution in [0.5, 0.6) is 5.75 Å². The summed E-state index contributed by atoms with van der Waals surface area (Å²) < 4.78 is 6.92. The van der Waals surface area contributed by atoms with Gasteiger partial charge in [-0.15, -0.1) is 0 Å². The lowest BCUT2D eigenvalue weighted by Crippen LogP contribution is -2.31. The van der Waals surface area contributed by atoms with Crippen molar-refractivity contribution in [3.63, 3.8) is 0 Å². The lowest BCUT2D eigenvalue weighted by Gasteiger charge is -2.25. The molecule has 0 bridgehead atoms. The van der Waals surface area contributed by atoms with E-state index in [1.54, 1.807) is 25.0 Å². The summed E-state index contributed by atoms with van der Waals surface area (Å²) in [6.07, 6.45) is 5.22. The van der Waals surface area contributed by atoms with Gasteiger partial charge in [-0.3, -0.25) is 14.3 Å². The molecule has 0 unspecified atom stereocenters. The fourth-order valence-corrected chi connectivity index (χ4v) is 3.76. The predicted molar refractivity (Wildman–Crippen MR) is 116 cm³/mol. The summed E-state index contributed by atoms with van der Waals surface area (Å²) in [4.78, 5) is 32.8. The molecule has 1 aromatic carbocycles. The summed E-state index contributed by atoms with van der Waals surface area (Å²) in [7, 11) is 3.41. The normalized spacial score (nSPS) is 14.7. The number of ether oxygens (including phenoxy) is 1. The summed E-state index contributed by atoms with van der Waals surface area (Å²) in [6.45, 7) is 1.85. The molecular weight excluding hydrogens is 394 g/mol. The molecule has 1 atom stereocenters. The van der Waals surface area contributed by atoms with E-state index in [4.69, 9.17) is 9.72 Å². The third kappa shape index (κ3) is 4.52. The van der Waals surface area contributed by atoms with Gasteiger partial charge in [0.15, 0.2) is 0 Å². The number of carbonyl (C=O) groups excluding carboxylic acids is 1. The highest BCUT2D eigenvalue weighted by Gasteiger charge is 2.24. The van der Waals surface area contributed by atoms with Gasteiger partial charge in [-0.05, 0) is 37.5 Å². The molecule has 2 N–H and O–H groups in total. The molecule has 0 aliphatic heterocycles. The Morgan fingerprint density at radius 2 is 2.06 bits per heavy atom. The number of rotatable bonds is 7. The van der Waals surface area contributed by atoms with Crippen LogP contribution < -0.4 is 15.6 Å². The van der Waals surface area contributed by atoms with Crippen molar-refractivity contribution in [3.05, 3.63) is 75.2 Å². The molecule has 1 amide bonds. The average molecular weight is 422 g/mol. The van der Waals surface area contributed by atoms with Gasteiger partial charge in [0.05, 0.1) is 30.6 Å². The number of nitrogens with zero attached hydrogens (tertiary/aromatic N) is 3. The number of aromatic amines is 1. The molecule has 8 nitrogen and oxygen atoms in total. The Hall–Kier alpha value is -3.42. The number of nitrogens with one attached hydrogen (secondary N) is 2. The zero-order chi connectivity index (χ0) is 22.0. The quantitative estimate of drug-likeness (QED) is 0.611. The van der Waals surface area contributed by atoms with Gasteiger partial charge in [-0.1, -0.05) is 18.6 Å². The lowest BCUT2D eigenvalue weighted by molar-refractivity contribution is 0.0935. The number of benzene rings is 1. The van der Waals surface area contributed by atoms with Gasteiger partial charge in [0.25, 0.3) is 11.5 Å². The number of hydrogen-bond acceptors (Lipinski definition) is 5. The first-order chi connectivity index (χ1) is 14.9. The van der Waals surface area contributed by atoms with Crippen molar-refractivity contribution in [2.24, 2.45) is 7.05 Å². The molecule has 8 heteroatoms. The number of aryl methyl sites for hydroxylation is 1. The monoisotopic (exact) mass is 421 g/mol. The van der Waals surface area contributed by atoms with Gasteiger partial charge in [0, 0.05) is 31.1 Å². The molecule has 31 heavy (non-hydrogen) atoms. The van der Waals surface area contributed by atoms with Crippen LogP contribution in [0.1, 0.15) is 64.4 Å². The molecule has 1 saturated carbocycles. The van der Waals surface area contributed by atoms with Crippen molar-refractivity contribution >= 4 is 5.91 Å². The molecule has 1 aliphatic rings. The van der Waals surface area contributed by atoms with E-state index >= 15 is 0 Å². The topological polar surface area (TPSA) is 102 Å². The van der Waals surface area contributed by atoms with Gasteiger partial charge in [-0.25, -0.2) is 4.98 Å². The summed E-state index contributed by atoms with van der Waals surface area (Å²) in [5.41, 5.74) is 2.72. The Bertz CT molecular complexity index is 1130. The Balaban J connectivity index is 1.63. The van der Waals surface area contributed by atoms with E-state index in [0.717, 1.165) is 42.1 Å². The second kappa shape index (κ2) is 8.75. The number of methoxy groups -OCH3 is 1. The summed E-state index contributed by atoms with van der Waals surface area (Å²) in [6, 6.07) is 8.70. The average Bonchev–Trinajstić information content (AvgIpc) is 3.04. The van der Waals surface area contributed by atoms with Crippen LogP contribution >= 0.6 is 0 Å². The van der Waals surface area contributed by atoms with Crippen LogP contribution in [0.15, 0.2) is 41.3 Å². The minimum Gasteiger partial charge on any atom is -0.497 e. The van der Waals surface area contributed by atoms with Crippen LogP contribution in [0.25, 0.3) is 0 Å². The standard InChI is InChI=1S/C23H27N5O3/c1-14-19(13-24-28(14)2)23(30)26-20(15-7-9-18(31-3)10-8-15)11-17-12-21(29)27-22(25-17)16-5-4-6-16/h7-10,12-13,16,20H,4-6,11H2,1-3H3,(H,26,30)(H,25,27,29)/t20-/m1/s1. The Morgan fingerprint density at radius 1 is 1.32 bits per heavy atom. The first-order valence-electron chi connectivity index (χ1n) is 10.5. The van der Waals surface area contributed by atoms with Crippen LogP contribution in [-0.2, 0) is 13.5 Å². The van der Waals surface area contributed by atoms with Gasteiger partial charge in [-0.2, -0.15) is 5.10 Å². The SMILES string of the molecule is COc1ccc([C@@H](Cc2cc(=O)[nH]c(C3CCC3)n2)NC(=O)c2cnn(C)c2C)cc1. The van der Waals surface area contributed by atoms with E-state index in [1.165, 1.54) is 6.07 Å². The highest BCUT2D eigenvalue weighted by Crippen LogP contribution is 2.34. The van der Waals surface area contributed by atoms with E-state index in [9.17, 15) is 9.59 Å². The molecular formula is C23H27N5O3. The highest BCUT2D eigenvalue weighted by atomic mass is 16.5. The maximum absolute atomic E-state index is 13.0. The maximum Gasteiger partial charge on any atom is 0.255 e. The Kier molecular flexibility index (Phi) is 5.88. The number of hydrogen-bond donors (Lipinski definition) is 2. The highest BCUT2D eigenvalue weighted by molar-refractivity contribution is 5.95. The van der Waals surface area contributed by atoms with E-state index in [-0.39, 0.29) is 17.5 Å². The smallest absolute Gasteiger partial charge is 0.255 e. The van der Waals surface area contributed by atoms with Gasteiger partial charge < -0.3 is 15.0 Å². The van der Waals surface area contributed by atoms with Crippen molar-refractivity contribution in [2.45, 2.75) is 44.6 Å². The van der Waals surface area contributed by atoms with Crippen LogP contribution in [0.3, 0.4) is 0 Å². The van der Waals surface area contributed by atoms with Gasteiger partial charge in [0.1, 0.15) is 11.6 Å². The second-order valence-electron chi connectivity index (χ2n) is 8.02. The van der Waals surface area contributed by atoms with Gasteiger partial charge >= 0.3 is 0 Å². The molecule has 3 aromatic rings. The largest absolute Gasteiger partial charge is 0.497 e. The maximum atomic E-state index is 13.0. The number of amides is 1. The van der Waals surface area contributed by atoms with E-state index < -0.39 is 0 Å².